The number of hydrogen-bond acceptors (Lipinski definition) is 3. The summed E-state index contributed by atoms with van der Waals surface area (Å²) in [4.78, 5) is 12.1. The van der Waals surface area contributed by atoms with Crippen molar-refractivity contribution in [2.24, 2.45) is 11.8 Å². The van der Waals surface area contributed by atoms with Crippen molar-refractivity contribution in [1.82, 2.24) is 10.6 Å². The average Bonchev–Trinajstić information content (AvgIpc) is 2.53. The summed E-state index contributed by atoms with van der Waals surface area (Å²) in [6, 6.07) is 5.07. The molecule has 0 bridgehead atoms. The van der Waals surface area contributed by atoms with Crippen molar-refractivity contribution >= 4 is 41.5 Å². The zero-order valence-electron chi connectivity index (χ0n) is 13.7. The fourth-order valence-corrected chi connectivity index (χ4v) is 3.69. The number of nitrogens with one attached hydrogen (secondary N) is 2. The summed E-state index contributed by atoms with van der Waals surface area (Å²) < 4.78 is 0. The van der Waals surface area contributed by atoms with Gasteiger partial charge in [-0.2, -0.15) is 0 Å². The number of piperidine rings is 1. The van der Waals surface area contributed by atoms with Crippen LogP contribution in [0.2, 0.25) is 10.0 Å². The second-order valence-corrected chi connectivity index (χ2v) is 7.06. The topological polar surface area (TPSA) is 61.4 Å². The van der Waals surface area contributed by atoms with Crippen LogP contribution in [0.25, 0.3) is 0 Å². The van der Waals surface area contributed by atoms with Crippen LogP contribution < -0.4 is 10.6 Å². The number of hydrogen-bond donors (Lipinski definition) is 3. The van der Waals surface area contributed by atoms with Gasteiger partial charge in [0.05, 0.1) is 6.10 Å². The van der Waals surface area contributed by atoms with Gasteiger partial charge in [-0.3, -0.25) is 4.79 Å². The first-order valence-electron chi connectivity index (χ1n) is 8.08. The maximum atomic E-state index is 12.1. The molecule has 3 N–H and O–H groups in total. The van der Waals surface area contributed by atoms with E-state index in [-0.39, 0.29) is 24.9 Å². The van der Waals surface area contributed by atoms with Crippen molar-refractivity contribution in [1.29, 1.82) is 0 Å². The number of halogens is 3. The number of aliphatic hydroxyl groups is 1. The first kappa shape index (κ1) is 21.5. The number of aliphatic hydroxyl groups excluding tert-OH is 1. The highest BCUT2D eigenvalue weighted by Crippen LogP contribution is 2.30. The molecule has 1 aromatic carbocycles. The molecule has 1 amide bonds. The lowest BCUT2D eigenvalue weighted by molar-refractivity contribution is -0.122. The van der Waals surface area contributed by atoms with Crippen LogP contribution in [0.1, 0.15) is 37.9 Å². The van der Waals surface area contributed by atoms with E-state index in [4.69, 9.17) is 23.2 Å². The number of carbonyl (C=O) groups is 1. The molecule has 1 aliphatic heterocycles. The van der Waals surface area contributed by atoms with Crippen LogP contribution in [0.15, 0.2) is 18.2 Å². The number of benzene rings is 1. The van der Waals surface area contributed by atoms with E-state index in [1.165, 1.54) is 12.8 Å². The van der Waals surface area contributed by atoms with Crippen LogP contribution in [0.3, 0.4) is 0 Å². The Hall–Kier alpha value is -0.520. The lowest BCUT2D eigenvalue weighted by Crippen LogP contribution is -2.36. The standard InChI is InChI=1S/C17H24Cl2N2O2.ClH/c1-11(12-4-3-7-20-9-12)8-16(23)21-10-15(22)17-13(18)5-2-6-14(17)19;/h2,5-6,11-12,15,20,22H,3-4,7-10H2,1H3,(H,21,23);1H. The smallest absolute Gasteiger partial charge is 0.220 e. The highest BCUT2D eigenvalue weighted by Gasteiger charge is 2.22. The lowest BCUT2D eigenvalue weighted by atomic mass is 9.85. The Kier molecular flexibility index (Phi) is 9.39. The second-order valence-electron chi connectivity index (χ2n) is 6.24. The maximum Gasteiger partial charge on any atom is 0.220 e. The first-order valence-corrected chi connectivity index (χ1v) is 8.84. The monoisotopic (exact) mass is 394 g/mol. The molecule has 24 heavy (non-hydrogen) atoms. The zero-order chi connectivity index (χ0) is 16.8. The summed E-state index contributed by atoms with van der Waals surface area (Å²) in [7, 11) is 0. The number of carbonyl (C=O) groups excluding carboxylic acids is 1. The third-order valence-corrected chi connectivity index (χ3v) is 5.13. The third-order valence-electron chi connectivity index (χ3n) is 4.47. The number of rotatable bonds is 6. The molecule has 0 saturated carbocycles. The van der Waals surface area contributed by atoms with Gasteiger partial charge in [0.15, 0.2) is 0 Å². The molecule has 1 aromatic rings. The Morgan fingerprint density at radius 2 is 2.08 bits per heavy atom. The third kappa shape index (κ3) is 6.08. The molecule has 3 atom stereocenters. The number of amides is 1. The minimum absolute atomic E-state index is 0. The van der Waals surface area contributed by atoms with Crippen LogP contribution in [-0.2, 0) is 4.79 Å². The fourth-order valence-electron chi connectivity index (χ4n) is 3.04. The van der Waals surface area contributed by atoms with E-state index >= 15 is 0 Å². The Labute approximate surface area is 159 Å². The van der Waals surface area contributed by atoms with E-state index < -0.39 is 6.10 Å². The molecule has 0 aliphatic carbocycles. The second kappa shape index (κ2) is 10.5. The molecule has 7 heteroatoms. The van der Waals surface area contributed by atoms with Gasteiger partial charge in [0, 0.05) is 28.6 Å². The molecule has 0 aromatic heterocycles. The quantitative estimate of drug-likeness (QED) is 0.690. The molecule has 1 heterocycles. The first-order chi connectivity index (χ1) is 11.0. The van der Waals surface area contributed by atoms with Crippen molar-refractivity contribution in [2.75, 3.05) is 19.6 Å². The van der Waals surface area contributed by atoms with Gasteiger partial charge in [-0.05, 0) is 49.9 Å². The summed E-state index contributed by atoms with van der Waals surface area (Å²) in [6.07, 6.45) is 1.89. The molecule has 2 rings (SSSR count). The van der Waals surface area contributed by atoms with Gasteiger partial charge in [-0.1, -0.05) is 36.2 Å². The maximum absolute atomic E-state index is 12.1. The summed E-state index contributed by atoms with van der Waals surface area (Å²) in [6.45, 7) is 4.27. The Morgan fingerprint density at radius 3 is 2.67 bits per heavy atom. The van der Waals surface area contributed by atoms with Crippen LogP contribution in [-0.4, -0.2) is 30.6 Å². The van der Waals surface area contributed by atoms with E-state index in [2.05, 4.69) is 17.6 Å². The van der Waals surface area contributed by atoms with Gasteiger partial charge in [0.25, 0.3) is 0 Å². The van der Waals surface area contributed by atoms with E-state index in [0.29, 0.717) is 33.9 Å². The van der Waals surface area contributed by atoms with Crippen LogP contribution in [0.4, 0.5) is 0 Å². The highest BCUT2D eigenvalue weighted by atomic mass is 35.5. The lowest BCUT2D eigenvalue weighted by Gasteiger charge is -2.28. The van der Waals surface area contributed by atoms with Crippen molar-refractivity contribution in [2.45, 2.75) is 32.3 Å². The van der Waals surface area contributed by atoms with Crippen molar-refractivity contribution in [3.05, 3.63) is 33.8 Å². The molecular weight excluding hydrogens is 371 g/mol. The van der Waals surface area contributed by atoms with Crippen LogP contribution in [0, 0.1) is 11.8 Å². The van der Waals surface area contributed by atoms with Crippen LogP contribution in [0.5, 0.6) is 0 Å². The van der Waals surface area contributed by atoms with E-state index in [9.17, 15) is 9.90 Å². The van der Waals surface area contributed by atoms with Crippen molar-refractivity contribution < 1.29 is 9.90 Å². The highest BCUT2D eigenvalue weighted by molar-refractivity contribution is 6.36. The molecule has 0 spiro atoms. The van der Waals surface area contributed by atoms with Gasteiger partial charge in [0.2, 0.25) is 5.91 Å². The molecule has 1 aliphatic rings. The average molecular weight is 396 g/mol. The van der Waals surface area contributed by atoms with Gasteiger partial charge in [-0.25, -0.2) is 0 Å². The van der Waals surface area contributed by atoms with E-state index in [0.717, 1.165) is 13.1 Å². The molecule has 1 fully saturated rings. The van der Waals surface area contributed by atoms with Crippen LogP contribution >= 0.6 is 35.6 Å². The molecule has 0 radical (unpaired) electrons. The van der Waals surface area contributed by atoms with Gasteiger partial charge in [-0.15, -0.1) is 12.4 Å². The van der Waals surface area contributed by atoms with E-state index in [1.54, 1.807) is 18.2 Å². The largest absolute Gasteiger partial charge is 0.386 e. The fraction of sp³-hybridized carbons (Fsp3) is 0.588. The minimum Gasteiger partial charge on any atom is -0.386 e. The molecule has 1 saturated heterocycles. The van der Waals surface area contributed by atoms with E-state index in [1.807, 2.05) is 0 Å². The SMILES string of the molecule is CC(CC(=O)NCC(O)c1c(Cl)cccc1Cl)C1CCCNC1.Cl. The Bertz CT molecular complexity index is 516. The summed E-state index contributed by atoms with van der Waals surface area (Å²) in [5.41, 5.74) is 0.459. The Morgan fingerprint density at radius 1 is 1.42 bits per heavy atom. The summed E-state index contributed by atoms with van der Waals surface area (Å²) in [5.74, 6) is 0.812. The van der Waals surface area contributed by atoms with Gasteiger partial charge >= 0.3 is 0 Å². The molecule has 4 nitrogen and oxygen atoms in total. The molecule has 3 unspecified atom stereocenters. The van der Waals surface area contributed by atoms with Crippen molar-refractivity contribution in [3.63, 3.8) is 0 Å². The minimum atomic E-state index is -0.910. The predicted molar refractivity (Wildman–Crippen MR) is 101 cm³/mol. The summed E-state index contributed by atoms with van der Waals surface area (Å²) in [5, 5.41) is 17.2. The summed E-state index contributed by atoms with van der Waals surface area (Å²) >= 11 is 12.1. The Balaban J connectivity index is 0.00000288. The molecule has 136 valence electrons. The normalized spacial score (nSPS) is 19.9. The van der Waals surface area contributed by atoms with Gasteiger partial charge in [0.1, 0.15) is 0 Å². The van der Waals surface area contributed by atoms with Crippen molar-refractivity contribution in [3.8, 4) is 0 Å². The van der Waals surface area contributed by atoms with Gasteiger partial charge < -0.3 is 15.7 Å². The molecular formula is C17H25Cl3N2O2. The predicted octanol–water partition coefficient (Wildman–Crippen LogP) is 3.59. The zero-order valence-corrected chi connectivity index (χ0v) is 16.1.